The molecule has 0 bridgehead atoms. The van der Waals surface area contributed by atoms with Gasteiger partial charge in [0.2, 0.25) is 0 Å². The van der Waals surface area contributed by atoms with Gasteiger partial charge >= 0.3 is 0 Å². The van der Waals surface area contributed by atoms with E-state index in [9.17, 15) is 13.6 Å². The van der Waals surface area contributed by atoms with Crippen LogP contribution in [0, 0.1) is 0 Å². The van der Waals surface area contributed by atoms with Crippen LogP contribution in [0.4, 0.5) is 8.78 Å². The van der Waals surface area contributed by atoms with Gasteiger partial charge in [0, 0.05) is 7.05 Å². The number of hydrogen-bond acceptors (Lipinski definition) is 3. The third-order valence-corrected chi connectivity index (χ3v) is 1.86. The quantitative estimate of drug-likeness (QED) is 0.822. The maximum atomic E-state index is 12.0. The van der Waals surface area contributed by atoms with Crippen molar-refractivity contribution in [1.82, 2.24) is 4.90 Å². The molecular formula is C9H12F2N2O2. The first-order valence-corrected chi connectivity index (χ1v) is 4.35. The summed E-state index contributed by atoms with van der Waals surface area (Å²) in [5, 5.41) is 0. The molecule has 0 unspecified atom stereocenters. The van der Waals surface area contributed by atoms with Crippen LogP contribution in [0.3, 0.4) is 0 Å². The molecule has 4 nitrogen and oxygen atoms in total. The minimum Gasteiger partial charge on any atom is -0.467 e. The molecule has 1 aromatic rings. The van der Waals surface area contributed by atoms with Gasteiger partial charge in [-0.25, -0.2) is 8.78 Å². The largest absolute Gasteiger partial charge is 0.467 e. The highest BCUT2D eigenvalue weighted by Crippen LogP contribution is 2.10. The number of carbonyl (C=O) groups excluding carboxylic acids is 1. The average Bonchev–Trinajstić information content (AvgIpc) is 2.63. The summed E-state index contributed by atoms with van der Waals surface area (Å²) in [7, 11) is 1.31. The zero-order chi connectivity index (χ0) is 11.4. The molecular weight excluding hydrogens is 206 g/mol. The third kappa shape index (κ3) is 3.02. The first-order valence-electron chi connectivity index (χ1n) is 4.35. The summed E-state index contributed by atoms with van der Waals surface area (Å²) in [6.45, 7) is -0.423. The van der Waals surface area contributed by atoms with Crippen molar-refractivity contribution < 1.29 is 18.0 Å². The first kappa shape index (κ1) is 11.6. The standard InChI is InChI=1S/C9H12F2N2O2/c1-13(4-8(10)11)9(14)6-2-7(3-12)15-5-6/h2,5,8H,3-4,12H2,1H3. The lowest BCUT2D eigenvalue weighted by atomic mass is 10.2. The van der Waals surface area contributed by atoms with E-state index < -0.39 is 18.9 Å². The van der Waals surface area contributed by atoms with Crippen LogP contribution in [-0.4, -0.2) is 30.8 Å². The average molecular weight is 218 g/mol. The molecule has 0 aromatic carbocycles. The molecule has 2 N–H and O–H groups in total. The van der Waals surface area contributed by atoms with Crippen LogP contribution in [0.5, 0.6) is 0 Å². The second kappa shape index (κ2) is 4.88. The van der Waals surface area contributed by atoms with E-state index in [1.165, 1.54) is 19.4 Å². The molecule has 0 atom stereocenters. The van der Waals surface area contributed by atoms with Crippen LogP contribution >= 0.6 is 0 Å². The lowest BCUT2D eigenvalue weighted by Gasteiger charge is -2.14. The van der Waals surface area contributed by atoms with Gasteiger partial charge in [-0.15, -0.1) is 0 Å². The fraction of sp³-hybridized carbons (Fsp3) is 0.444. The maximum Gasteiger partial charge on any atom is 0.257 e. The second-order valence-electron chi connectivity index (χ2n) is 3.08. The normalized spacial score (nSPS) is 10.7. The van der Waals surface area contributed by atoms with Crippen molar-refractivity contribution in [3.8, 4) is 0 Å². The molecule has 0 aliphatic rings. The minimum absolute atomic E-state index is 0.172. The minimum atomic E-state index is -2.54. The molecule has 0 aliphatic carbocycles. The number of furan rings is 1. The van der Waals surface area contributed by atoms with Crippen LogP contribution in [-0.2, 0) is 6.54 Å². The van der Waals surface area contributed by atoms with Gasteiger partial charge < -0.3 is 15.1 Å². The van der Waals surface area contributed by atoms with Crippen LogP contribution < -0.4 is 5.73 Å². The highest BCUT2D eigenvalue weighted by atomic mass is 19.3. The van der Waals surface area contributed by atoms with Gasteiger partial charge in [0.05, 0.1) is 18.7 Å². The summed E-state index contributed by atoms with van der Waals surface area (Å²) < 4.78 is 28.9. The molecule has 0 aliphatic heterocycles. The molecule has 1 rings (SSSR count). The van der Waals surface area contributed by atoms with Crippen LogP contribution in [0.25, 0.3) is 0 Å². The van der Waals surface area contributed by atoms with E-state index in [2.05, 4.69) is 0 Å². The number of amides is 1. The number of carbonyl (C=O) groups is 1. The van der Waals surface area contributed by atoms with E-state index in [1.54, 1.807) is 0 Å². The van der Waals surface area contributed by atoms with E-state index in [0.29, 0.717) is 5.76 Å². The lowest BCUT2D eigenvalue weighted by molar-refractivity contribution is 0.0619. The number of halogens is 2. The van der Waals surface area contributed by atoms with Crippen molar-refractivity contribution in [2.45, 2.75) is 13.0 Å². The Labute approximate surface area is 85.6 Å². The zero-order valence-corrected chi connectivity index (χ0v) is 8.24. The topological polar surface area (TPSA) is 59.5 Å². The molecule has 6 heteroatoms. The number of alkyl halides is 2. The van der Waals surface area contributed by atoms with Crippen LogP contribution in [0.2, 0.25) is 0 Å². The number of nitrogens with zero attached hydrogens (tertiary/aromatic N) is 1. The molecule has 0 radical (unpaired) electrons. The van der Waals surface area contributed by atoms with Gasteiger partial charge in [0.25, 0.3) is 12.3 Å². The van der Waals surface area contributed by atoms with E-state index in [1.807, 2.05) is 0 Å². The van der Waals surface area contributed by atoms with Crippen LogP contribution in [0.1, 0.15) is 16.1 Å². The molecule has 15 heavy (non-hydrogen) atoms. The molecule has 0 saturated carbocycles. The predicted octanol–water partition coefficient (Wildman–Crippen LogP) is 1.08. The van der Waals surface area contributed by atoms with Gasteiger partial charge in [-0.1, -0.05) is 0 Å². The van der Waals surface area contributed by atoms with Gasteiger partial charge in [0.15, 0.2) is 0 Å². The Morgan fingerprint density at radius 3 is 2.80 bits per heavy atom. The van der Waals surface area contributed by atoms with Gasteiger partial charge in [-0.05, 0) is 6.07 Å². The smallest absolute Gasteiger partial charge is 0.257 e. The molecule has 0 spiro atoms. The fourth-order valence-electron chi connectivity index (χ4n) is 1.11. The SMILES string of the molecule is CN(CC(F)F)C(=O)c1coc(CN)c1. The van der Waals surface area contributed by atoms with E-state index in [-0.39, 0.29) is 12.1 Å². The highest BCUT2D eigenvalue weighted by Gasteiger charge is 2.17. The number of nitrogens with two attached hydrogens (primary N) is 1. The Balaban J connectivity index is 2.67. The fourth-order valence-corrected chi connectivity index (χ4v) is 1.11. The van der Waals surface area contributed by atoms with Crippen molar-refractivity contribution in [2.75, 3.05) is 13.6 Å². The highest BCUT2D eigenvalue weighted by molar-refractivity contribution is 5.93. The van der Waals surface area contributed by atoms with Gasteiger partial charge in [0.1, 0.15) is 12.0 Å². The Morgan fingerprint density at radius 1 is 1.67 bits per heavy atom. The number of hydrogen-bond donors (Lipinski definition) is 1. The monoisotopic (exact) mass is 218 g/mol. The summed E-state index contributed by atoms with van der Waals surface area (Å²) in [4.78, 5) is 12.4. The van der Waals surface area contributed by atoms with Crippen molar-refractivity contribution >= 4 is 5.91 Å². The summed E-state index contributed by atoms with van der Waals surface area (Å²) >= 11 is 0. The Morgan fingerprint density at radius 2 is 2.33 bits per heavy atom. The molecule has 0 saturated heterocycles. The molecule has 1 aromatic heterocycles. The lowest BCUT2D eigenvalue weighted by Crippen LogP contribution is -2.30. The first-order chi connectivity index (χ1) is 7.04. The Bertz CT molecular complexity index is 339. The summed E-state index contributed by atoms with van der Waals surface area (Å²) in [5.41, 5.74) is 5.52. The Hall–Kier alpha value is -1.43. The second-order valence-corrected chi connectivity index (χ2v) is 3.08. The van der Waals surface area contributed by atoms with Crippen molar-refractivity contribution in [3.63, 3.8) is 0 Å². The van der Waals surface area contributed by atoms with Crippen molar-refractivity contribution in [3.05, 3.63) is 23.7 Å². The van der Waals surface area contributed by atoms with Gasteiger partial charge in [-0.3, -0.25) is 4.79 Å². The summed E-state index contributed by atoms with van der Waals surface area (Å²) in [6, 6.07) is 1.45. The van der Waals surface area contributed by atoms with Gasteiger partial charge in [-0.2, -0.15) is 0 Å². The van der Waals surface area contributed by atoms with E-state index >= 15 is 0 Å². The molecule has 0 fully saturated rings. The molecule has 84 valence electrons. The predicted molar refractivity (Wildman–Crippen MR) is 49.6 cm³/mol. The van der Waals surface area contributed by atoms with Crippen molar-refractivity contribution in [1.29, 1.82) is 0 Å². The number of rotatable bonds is 4. The summed E-state index contributed by atoms with van der Waals surface area (Å²) in [5.74, 6) is -0.0532. The third-order valence-electron chi connectivity index (χ3n) is 1.86. The van der Waals surface area contributed by atoms with Crippen LogP contribution in [0.15, 0.2) is 16.7 Å². The zero-order valence-electron chi connectivity index (χ0n) is 8.24. The maximum absolute atomic E-state index is 12.0. The van der Waals surface area contributed by atoms with Crippen molar-refractivity contribution in [2.24, 2.45) is 5.73 Å². The Kier molecular flexibility index (Phi) is 3.79. The van der Waals surface area contributed by atoms with E-state index in [4.69, 9.17) is 10.2 Å². The molecule has 1 heterocycles. The molecule has 1 amide bonds. The summed E-state index contributed by atoms with van der Waals surface area (Å²) in [6.07, 6.45) is -1.33. The van der Waals surface area contributed by atoms with E-state index in [0.717, 1.165) is 4.90 Å².